The zero-order valence-corrected chi connectivity index (χ0v) is 10.0. The topological polar surface area (TPSA) is 35.5 Å². The van der Waals surface area contributed by atoms with Crippen molar-refractivity contribution in [2.75, 3.05) is 13.7 Å². The first-order chi connectivity index (χ1) is 7.17. The Morgan fingerprint density at radius 2 is 1.93 bits per heavy atom. The molecular weight excluding hydrogens is 192 g/mol. The molecule has 0 bridgehead atoms. The minimum absolute atomic E-state index is 0.0169. The molecule has 88 valence electrons. The first kappa shape index (κ1) is 12.5. The molecule has 1 saturated carbocycles. The predicted molar refractivity (Wildman–Crippen MR) is 58.6 cm³/mol. The molecule has 1 rings (SSSR count). The molecule has 0 aliphatic heterocycles. The second-order valence-corrected chi connectivity index (χ2v) is 4.27. The van der Waals surface area contributed by atoms with Gasteiger partial charge in [0.25, 0.3) is 0 Å². The lowest BCUT2D eigenvalue weighted by molar-refractivity contribution is -0.151. The van der Waals surface area contributed by atoms with Gasteiger partial charge in [-0.15, -0.1) is 0 Å². The molecule has 0 aromatic heterocycles. The monoisotopic (exact) mass is 214 g/mol. The summed E-state index contributed by atoms with van der Waals surface area (Å²) in [6, 6.07) is 0. The van der Waals surface area contributed by atoms with Crippen molar-refractivity contribution in [1.29, 1.82) is 0 Å². The first-order valence-electron chi connectivity index (χ1n) is 5.89. The lowest BCUT2D eigenvalue weighted by Gasteiger charge is -2.37. The van der Waals surface area contributed by atoms with Crippen molar-refractivity contribution in [3.63, 3.8) is 0 Å². The van der Waals surface area contributed by atoms with E-state index in [1.165, 1.54) is 0 Å². The minimum atomic E-state index is -0.0293. The van der Waals surface area contributed by atoms with Gasteiger partial charge in [-0.3, -0.25) is 4.79 Å². The lowest BCUT2D eigenvalue weighted by Crippen LogP contribution is -2.37. The number of carbonyl (C=O) groups is 1. The minimum Gasteiger partial charge on any atom is -0.466 e. The zero-order valence-electron chi connectivity index (χ0n) is 10.0. The van der Waals surface area contributed by atoms with Gasteiger partial charge < -0.3 is 9.47 Å². The van der Waals surface area contributed by atoms with E-state index in [4.69, 9.17) is 9.47 Å². The zero-order chi connectivity index (χ0) is 11.3. The van der Waals surface area contributed by atoms with Gasteiger partial charge in [-0.2, -0.15) is 0 Å². The van der Waals surface area contributed by atoms with Gasteiger partial charge >= 0.3 is 5.97 Å². The normalized spacial score (nSPS) is 31.3. The highest BCUT2D eigenvalue weighted by Gasteiger charge is 2.36. The van der Waals surface area contributed by atoms with Gasteiger partial charge in [-0.25, -0.2) is 0 Å². The van der Waals surface area contributed by atoms with Crippen molar-refractivity contribution in [2.24, 2.45) is 5.92 Å². The Kier molecular flexibility index (Phi) is 4.58. The van der Waals surface area contributed by atoms with Gasteiger partial charge in [0.1, 0.15) is 0 Å². The third-order valence-corrected chi connectivity index (χ3v) is 3.59. The van der Waals surface area contributed by atoms with Crippen LogP contribution in [-0.2, 0) is 14.3 Å². The highest BCUT2D eigenvalue weighted by atomic mass is 16.5. The summed E-state index contributed by atoms with van der Waals surface area (Å²) in [5, 5.41) is 0. The van der Waals surface area contributed by atoms with Gasteiger partial charge in [0.2, 0.25) is 0 Å². The molecule has 1 aliphatic rings. The highest BCUT2D eigenvalue weighted by molar-refractivity contribution is 5.72. The van der Waals surface area contributed by atoms with Gasteiger partial charge in [-0.05, 0) is 39.0 Å². The summed E-state index contributed by atoms with van der Waals surface area (Å²) in [5.41, 5.74) is 0.0169. The fraction of sp³-hybridized carbons (Fsp3) is 0.917. The third kappa shape index (κ3) is 2.94. The predicted octanol–water partition coefficient (Wildman–Crippen LogP) is 2.53. The maximum absolute atomic E-state index is 11.5. The summed E-state index contributed by atoms with van der Waals surface area (Å²) >= 11 is 0. The molecule has 1 aliphatic carbocycles. The van der Waals surface area contributed by atoms with E-state index in [-0.39, 0.29) is 17.5 Å². The van der Waals surface area contributed by atoms with Crippen molar-refractivity contribution in [3.05, 3.63) is 0 Å². The Labute approximate surface area is 92.1 Å². The van der Waals surface area contributed by atoms with E-state index >= 15 is 0 Å². The molecular formula is C12H22O3. The average molecular weight is 214 g/mol. The Hall–Kier alpha value is -0.570. The molecule has 0 amide bonds. The lowest BCUT2D eigenvalue weighted by atomic mass is 9.77. The van der Waals surface area contributed by atoms with Gasteiger partial charge in [-0.1, -0.05) is 6.92 Å². The van der Waals surface area contributed by atoms with Crippen molar-refractivity contribution in [3.8, 4) is 0 Å². The van der Waals surface area contributed by atoms with Gasteiger partial charge in [0.15, 0.2) is 0 Å². The van der Waals surface area contributed by atoms with Crippen molar-refractivity contribution < 1.29 is 14.3 Å². The van der Waals surface area contributed by atoms with Crippen LogP contribution in [0.25, 0.3) is 0 Å². The quantitative estimate of drug-likeness (QED) is 0.675. The van der Waals surface area contributed by atoms with Crippen LogP contribution in [0.5, 0.6) is 0 Å². The summed E-state index contributed by atoms with van der Waals surface area (Å²) in [4.78, 5) is 11.5. The SMILES string of the molecule is CCOC(=O)C1CCC(CC)(OC)CC1. The van der Waals surface area contributed by atoms with E-state index in [0.29, 0.717) is 6.61 Å². The summed E-state index contributed by atoms with van der Waals surface area (Å²) in [6.45, 7) is 4.49. The molecule has 0 aromatic rings. The van der Waals surface area contributed by atoms with Crippen LogP contribution < -0.4 is 0 Å². The number of rotatable bonds is 4. The largest absolute Gasteiger partial charge is 0.466 e. The highest BCUT2D eigenvalue weighted by Crippen LogP contribution is 2.37. The number of hydrogen-bond donors (Lipinski definition) is 0. The molecule has 1 fully saturated rings. The van der Waals surface area contributed by atoms with E-state index in [9.17, 15) is 4.79 Å². The molecule has 0 aromatic carbocycles. The smallest absolute Gasteiger partial charge is 0.308 e. The van der Waals surface area contributed by atoms with Gasteiger partial charge in [0.05, 0.1) is 18.1 Å². The Balaban J connectivity index is 2.44. The van der Waals surface area contributed by atoms with Crippen LogP contribution in [0.3, 0.4) is 0 Å². The standard InChI is InChI=1S/C12H22O3/c1-4-12(14-3)8-6-10(7-9-12)11(13)15-5-2/h10H,4-9H2,1-3H3. The molecule has 0 spiro atoms. The Morgan fingerprint density at radius 3 is 2.33 bits per heavy atom. The van der Waals surface area contributed by atoms with E-state index in [2.05, 4.69) is 6.92 Å². The van der Waals surface area contributed by atoms with E-state index in [1.54, 1.807) is 7.11 Å². The fourth-order valence-electron chi connectivity index (χ4n) is 2.34. The second kappa shape index (κ2) is 5.50. The molecule has 0 radical (unpaired) electrons. The first-order valence-corrected chi connectivity index (χ1v) is 5.89. The molecule has 0 heterocycles. The van der Waals surface area contributed by atoms with E-state index in [1.807, 2.05) is 6.92 Å². The Bertz CT molecular complexity index is 199. The number of ether oxygens (including phenoxy) is 2. The van der Waals surface area contributed by atoms with E-state index in [0.717, 1.165) is 32.1 Å². The Morgan fingerprint density at radius 1 is 1.33 bits per heavy atom. The summed E-state index contributed by atoms with van der Waals surface area (Å²) in [6.07, 6.45) is 4.78. The maximum Gasteiger partial charge on any atom is 0.308 e. The van der Waals surface area contributed by atoms with Gasteiger partial charge in [0, 0.05) is 7.11 Å². The van der Waals surface area contributed by atoms with Crippen LogP contribution in [0.1, 0.15) is 46.0 Å². The number of methoxy groups -OCH3 is 1. The molecule has 15 heavy (non-hydrogen) atoms. The van der Waals surface area contributed by atoms with Crippen molar-refractivity contribution >= 4 is 5.97 Å². The summed E-state index contributed by atoms with van der Waals surface area (Å²) in [7, 11) is 1.77. The maximum atomic E-state index is 11.5. The molecule has 0 atom stereocenters. The van der Waals surface area contributed by atoms with Crippen molar-refractivity contribution in [1.82, 2.24) is 0 Å². The number of esters is 1. The molecule has 0 unspecified atom stereocenters. The third-order valence-electron chi connectivity index (χ3n) is 3.59. The number of hydrogen-bond acceptors (Lipinski definition) is 3. The van der Waals surface area contributed by atoms with Crippen LogP contribution >= 0.6 is 0 Å². The summed E-state index contributed by atoms with van der Waals surface area (Å²) < 4.78 is 10.6. The molecule has 3 heteroatoms. The molecule has 0 saturated heterocycles. The van der Waals surface area contributed by atoms with Crippen LogP contribution in [0, 0.1) is 5.92 Å². The molecule has 3 nitrogen and oxygen atoms in total. The van der Waals surface area contributed by atoms with E-state index < -0.39 is 0 Å². The van der Waals surface area contributed by atoms with Crippen LogP contribution in [0.2, 0.25) is 0 Å². The fourth-order valence-corrected chi connectivity index (χ4v) is 2.34. The van der Waals surface area contributed by atoms with Crippen LogP contribution in [0.15, 0.2) is 0 Å². The average Bonchev–Trinajstić information content (AvgIpc) is 2.29. The van der Waals surface area contributed by atoms with Crippen LogP contribution in [-0.4, -0.2) is 25.3 Å². The summed E-state index contributed by atoms with van der Waals surface area (Å²) in [5.74, 6) is 0.0677. The van der Waals surface area contributed by atoms with Crippen molar-refractivity contribution in [2.45, 2.75) is 51.6 Å². The molecule has 0 N–H and O–H groups in total. The second-order valence-electron chi connectivity index (χ2n) is 4.27. The number of carbonyl (C=O) groups excluding carboxylic acids is 1. The van der Waals surface area contributed by atoms with Crippen LogP contribution in [0.4, 0.5) is 0 Å².